The molecule has 0 aromatic heterocycles. The topological polar surface area (TPSA) is 47.6 Å². The smallest absolute Gasteiger partial charge is 0.261 e. The van der Waals surface area contributed by atoms with Crippen molar-refractivity contribution < 1.29 is 14.3 Å². The van der Waals surface area contributed by atoms with Gasteiger partial charge in [0, 0.05) is 5.56 Å². The first-order valence-corrected chi connectivity index (χ1v) is 8.24. The van der Waals surface area contributed by atoms with Gasteiger partial charge in [0.25, 0.3) is 5.91 Å². The fraction of sp³-hybridized carbons (Fsp3) is 0.350. The van der Waals surface area contributed by atoms with Gasteiger partial charge in [-0.3, -0.25) is 4.79 Å². The Morgan fingerprint density at radius 1 is 1.04 bits per heavy atom. The van der Waals surface area contributed by atoms with Gasteiger partial charge in [-0.2, -0.15) is 0 Å². The molecule has 0 heterocycles. The molecule has 0 saturated carbocycles. The average Bonchev–Trinajstić information content (AvgIpc) is 2.61. The third-order valence-electron chi connectivity index (χ3n) is 3.99. The van der Waals surface area contributed by atoms with Gasteiger partial charge in [-0.25, -0.2) is 0 Å². The van der Waals surface area contributed by atoms with Gasteiger partial charge in [0.1, 0.15) is 11.5 Å². The van der Waals surface area contributed by atoms with Crippen molar-refractivity contribution >= 4 is 5.91 Å². The van der Waals surface area contributed by atoms with Crippen molar-refractivity contribution in [2.24, 2.45) is 0 Å². The minimum absolute atomic E-state index is 0.153. The summed E-state index contributed by atoms with van der Waals surface area (Å²) < 4.78 is 11.2. The molecule has 2 aromatic rings. The molecule has 1 N–H and O–H groups in total. The van der Waals surface area contributed by atoms with E-state index in [-0.39, 0.29) is 11.9 Å². The van der Waals surface area contributed by atoms with Crippen LogP contribution in [0.1, 0.15) is 37.9 Å². The van der Waals surface area contributed by atoms with Crippen LogP contribution >= 0.6 is 0 Å². The Bertz CT molecular complexity index is 684. The summed E-state index contributed by atoms with van der Waals surface area (Å²) in [6, 6.07) is 15.3. The summed E-state index contributed by atoms with van der Waals surface area (Å²) in [5.41, 5.74) is 2.03. The van der Waals surface area contributed by atoms with E-state index >= 15 is 0 Å². The van der Waals surface area contributed by atoms with Gasteiger partial charge in [-0.15, -0.1) is 0 Å². The van der Waals surface area contributed by atoms with Gasteiger partial charge in [-0.1, -0.05) is 43.3 Å². The highest BCUT2D eigenvalue weighted by Gasteiger charge is 2.20. The molecule has 2 atom stereocenters. The van der Waals surface area contributed by atoms with Crippen molar-refractivity contribution in [2.45, 2.75) is 39.3 Å². The Hall–Kier alpha value is -2.49. The van der Waals surface area contributed by atoms with Crippen molar-refractivity contribution in [3.05, 3.63) is 59.7 Å². The van der Waals surface area contributed by atoms with Gasteiger partial charge in [0.15, 0.2) is 6.10 Å². The third kappa shape index (κ3) is 4.28. The molecule has 0 bridgehead atoms. The van der Waals surface area contributed by atoms with Crippen molar-refractivity contribution in [3.63, 3.8) is 0 Å². The molecule has 0 saturated heterocycles. The van der Waals surface area contributed by atoms with Crippen LogP contribution in [0.5, 0.6) is 11.5 Å². The quantitative estimate of drug-likeness (QED) is 0.839. The molecular weight excluding hydrogens is 302 g/mol. The molecule has 0 radical (unpaired) electrons. The van der Waals surface area contributed by atoms with Crippen LogP contribution in [0.4, 0.5) is 0 Å². The van der Waals surface area contributed by atoms with Crippen LogP contribution in [0.15, 0.2) is 48.5 Å². The normalized spacial score (nSPS) is 13.0. The Kier molecular flexibility index (Phi) is 6.24. The van der Waals surface area contributed by atoms with Crippen LogP contribution in [-0.2, 0) is 11.2 Å². The first kappa shape index (κ1) is 17.9. The first-order chi connectivity index (χ1) is 11.6. The maximum Gasteiger partial charge on any atom is 0.261 e. The van der Waals surface area contributed by atoms with E-state index in [1.165, 1.54) is 0 Å². The fourth-order valence-electron chi connectivity index (χ4n) is 2.59. The van der Waals surface area contributed by atoms with Crippen LogP contribution in [0.3, 0.4) is 0 Å². The highest BCUT2D eigenvalue weighted by molar-refractivity contribution is 5.81. The second-order valence-electron chi connectivity index (χ2n) is 5.69. The number of hydrogen-bond donors (Lipinski definition) is 1. The number of methoxy groups -OCH3 is 1. The lowest BCUT2D eigenvalue weighted by Crippen LogP contribution is -2.38. The molecule has 0 aliphatic heterocycles. The number of benzene rings is 2. The van der Waals surface area contributed by atoms with Gasteiger partial charge >= 0.3 is 0 Å². The Labute approximate surface area is 143 Å². The average molecular weight is 327 g/mol. The second-order valence-corrected chi connectivity index (χ2v) is 5.69. The molecule has 0 fully saturated rings. The van der Waals surface area contributed by atoms with E-state index in [1.54, 1.807) is 14.0 Å². The number of ether oxygens (including phenoxy) is 2. The van der Waals surface area contributed by atoms with Gasteiger partial charge in [0.05, 0.1) is 13.2 Å². The lowest BCUT2D eigenvalue weighted by molar-refractivity contribution is -0.127. The molecule has 0 aliphatic rings. The van der Waals surface area contributed by atoms with Gasteiger partial charge < -0.3 is 14.8 Å². The van der Waals surface area contributed by atoms with Crippen molar-refractivity contribution in [1.82, 2.24) is 5.32 Å². The van der Waals surface area contributed by atoms with Crippen molar-refractivity contribution in [2.75, 3.05) is 7.11 Å². The number of carbonyl (C=O) groups is 1. The van der Waals surface area contributed by atoms with E-state index < -0.39 is 6.10 Å². The molecule has 24 heavy (non-hydrogen) atoms. The summed E-state index contributed by atoms with van der Waals surface area (Å²) in [7, 11) is 1.63. The van der Waals surface area contributed by atoms with E-state index in [9.17, 15) is 4.79 Å². The van der Waals surface area contributed by atoms with E-state index in [2.05, 4.69) is 12.2 Å². The maximum absolute atomic E-state index is 12.5. The number of amides is 1. The molecule has 2 rings (SSSR count). The maximum atomic E-state index is 12.5. The number of aryl methyl sites for hydroxylation is 1. The lowest BCUT2D eigenvalue weighted by atomic mass is 10.1. The van der Waals surface area contributed by atoms with Gasteiger partial charge in [0.2, 0.25) is 0 Å². The van der Waals surface area contributed by atoms with Gasteiger partial charge in [-0.05, 0) is 38.0 Å². The largest absolute Gasteiger partial charge is 0.496 e. The Morgan fingerprint density at radius 3 is 2.33 bits per heavy atom. The molecule has 0 unspecified atom stereocenters. The number of rotatable bonds is 7. The molecule has 1 amide bonds. The molecule has 4 nitrogen and oxygen atoms in total. The molecular formula is C20H25NO3. The highest BCUT2D eigenvalue weighted by Crippen LogP contribution is 2.25. The van der Waals surface area contributed by atoms with E-state index in [0.717, 1.165) is 29.0 Å². The van der Waals surface area contributed by atoms with E-state index in [0.29, 0.717) is 0 Å². The minimum Gasteiger partial charge on any atom is -0.496 e. The van der Waals surface area contributed by atoms with Crippen LogP contribution < -0.4 is 14.8 Å². The summed E-state index contributed by atoms with van der Waals surface area (Å²) in [5.74, 6) is 1.36. The summed E-state index contributed by atoms with van der Waals surface area (Å²) in [6.45, 7) is 5.76. The van der Waals surface area contributed by atoms with Crippen LogP contribution in [-0.4, -0.2) is 19.1 Å². The standard InChI is InChI=1S/C20H25NO3/c1-5-16-10-6-8-12-18(16)24-15(3)20(22)21-14(2)17-11-7-9-13-19(17)23-4/h6-15H,5H2,1-4H3,(H,21,22)/t14-,15-/m1/s1. The SMILES string of the molecule is CCc1ccccc1O[C@H](C)C(=O)N[C@H](C)c1ccccc1OC. The summed E-state index contributed by atoms with van der Waals surface area (Å²) in [4.78, 5) is 12.5. The summed E-state index contributed by atoms with van der Waals surface area (Å²) >= 11 is 0. The number of para-hydroxylation sites is 2. The molecule has 0 spiro atoms. The monoisotopic (exact) mass is 327 g/mol. The predicted octanol–water partition coefficient (Wildman–Crippen LogP) is 3.90. The predicted molar refractivity (Wildman–Crippen MR) is 95.5 cm³/mol. The molecule has 0 aliphatic carbocycles. The third-order valence-corrected chi connectivity index (χ3v) is 3.99. The number of carbonyl (C=O) groups excluding carboxylic acids is 1. The van der Waals surface area contributed by atoms with E-state index in [1.807, 2.05) is 55.5 Å². The van der Waals surface area contributed by atoms with Crippen LogP contribution in [0.25, 0.3) is 0 Å². The summed E-state index contributed by atoms with van der Waals surface area (Å²) in [6.07, 6.45) is 0.289. The van der Waals surface area contributed by atoms with Crippen LogP contribution in [0, 0.1) is 0 Å². The van der Waals surface area contributed by atoms with Crippen LogP contribution in [0.2, 0.25) is 0 Å². The molecule has 4 heteroatoms. The number of hydrogen-bond acceptors (Lipinski definition) is 3. The molecule has 128 valence electrons. The second kappa shape index (κ2) is 8.39. The zero-order valence-electron chi connectivity index (χ0n) is 14.7. The zero-order valence-corrected chi connectivity index (χ0v) is 14.7. The highest BCUT2D eigenvalue weighted by atomic mass is 16.5. The Balaban J connectivity index is 2.03. The van der Waals surface area contributed by atoms with Crippen molar-refractivity contribution in [3.8, 4) is 11.5 Å². The fourth-order valence-corrected chi connectivity index (χ4v) is 2.59. The van der Waals surface area contributed by atoms with Crippen molar-refractivity contribution in [1.29, 1.82) is 0 Å². The van der Waals surface area contributed by atoms with E-state index in [4.69, 9.17) is 9.47 Å². The summed E-state index contributed by atoms with van der Waals surface area (Å²) in [5, 5.41) is 2.98. The minimum atomic E-state index is -0.574. The Morgan fingerprint density at radius 2 is 1.67 bits per heavy atom. The number of nitrogens with one attached hydrogen (secondary N) is 1. The lowest BCUT2D eigenvalue weighted by Gasteiger charge is -2.21. The first-order valence-electron chi connectivity index (χ1n) is 8.24. The zero-order chi connectivity index (χ0) is 17.5. The molecule has 2 aromatic carbocycles.